The number of piperazine rings is 1. The molecule has 1 atom stereocenters. The van der Waals surface area contributed by atoms with Crippen LogP contribution in [0, 0.1) is 5.41 Å². The molecule has 0 aromatic heterocycles. The first-order valence-electron chi connectivity index (χ1n) is 6.75. The summed E-state index contributed by atoms with van der Waals surface area (Å²) in [5, 5.41) is 2.93. The van der Waals surface area contributed by atoms with Crippen LogP contribution in [0.2, 0.25) is 0 Å². The summed E-state index contributed by atoms with van der Waals surface area (Å²) in [5.41, 5.74) is 5.72. The third-order valence-electron chi connectivity index (χ3n) is 3.54. The second-order valence-electron chi connectivity index (χ2n) is 6.28. The molecule has 0 saturated carbocycles. The molecular weight excluding hydrogens is 228 g/mol. The van der Waals surface area contributed by atoms with Crippen molar-refractivity contribution in [3.05, 3.63) is 0 Å². The number of carbonyl (C=O) groups is 1. The summed E-state index contributed by atoms with van der Waals surface area (Å²) in [7, 11) is 2.14. The van der Waals surface area contributed by atoms with Gasteiger partial charge in [0.05, 0.1) is 6.04 Å². The van der Waals surface area contributed by atoms with E-state index < -0.39 is 6.04 Å². The first-order valence-corrected chi connectivity index (χ1v) is 6.75. The molecule has 0 aromatic carbocycles. The third-order valence-corrected chi connectivity index (χ3v) is 3.54. The van der Waals surface area contributed by atoms with Gasteiger partial charge in [0.15, 0.2) is 0 Å². The SMILES string of the molecule is CN1CCN(CCNC(=O)[C@H](N)C(C)(C)C)CC1. The van der Waals surface area contributed by atoms with E-state index >= 15 is 0 Å². The van der Waals surface area contributed by atoms with Crippen molar-refractivity contribution in [1.29, 1.82) is 0 Å². The number of likely N-dealkylation sites (N-methyl/N-ethyl adjacent to an activating group) is 1. The van der Waals surface area contributed by atoms with Gasteiger partial charge in [0, 0.05) is 39.3 Å². The Morgan fingerprint density at radius 1 is 1.28 bits per heavy atom. The highest BCUT2D eigenvalue weighted by molar-refractivity contribution is 5.82. The molecule has 0 spiro atoms. The third kappa shape index (κ3) is 4.92. The maximum atomic E-state index is 11.8. The zero-order chi connectivity index (χ0) is 13.8. The van der Waals surface area contributed by atoms with Crippen molar-refractivity contribution in [2.75, 3.05) is 46.3 Å². The average Bonchev–Trinajstić information content (AvgIpc) is 2.29. The molecule has 5 heteroatoms. The van der Waals surface area contributed by atoms with Crippen LogP contribution >= 0.6 is 0 Å². The zero-order valence-corrected chi connectivity index (χ0v) is 12.2. The molecule has 0 radical (unpaired) electrons. The number of rotatable bonds is 4. The predicted octanol–water partition coefficient (Wildman–Crippen LogP) is -0.277. The molecule has 1 aliphatic rings. The molecule has 106 valence electrons. The fourth-order valence-electron chi connectivity index (χ4n) is 1.91. The Morgan fingerprint density at radius 2 is 1.83 bits per heavy atom. The van der Waals surface area contributed by atoms with Gasteiger partial charge in [-0.05, 0) is 12.5 Å². The van der Waals surface area contributed by atoms with Gasteiger partial charge in [-0.3, -0.25) is 9.69 Å². The molecule has 0 bridgehead atoms. The number of nitrogens with two attached hydrogens (primary N) is 1. The lowest BCUT2D eigenvalue weighted by molar-refractivity contribution is -0.124. The van der Waals surface area contributed by atoms with Crippen LogP contribution in [-0.2, 0) is 4.79 Å². The minimum absolute atomic E-state index is 0.0448. The van der Waals surface area contributed by atoms with Gasteiger partial charge in [-0.25, -0.2) is 0 Å². The molecule has 1 heterocycles. The van der Waals surface area contributed by atoms with E-state index in [0.29, 0.717) is 6.54 Å². The summed E-state index contributed by atoms with van der Waals surface area (Å²) in [6.07, 6.45) is 0. The van der Waals surface area contributed by atoms with Gasteiger partial charge in [-0.2, -0.15) is 0 Å². The van der Waals surface area contributed by atoms with Crippen LogP contribution in [0.4, 0.5) is 0 Å². The van der Waals surface area contributed by atoms with Crippen molar-refractivity contribution in [3.63, 3.8) is 0 Å². The topological polar surface area (TPSA) is 61.6 Å². The minimum atomic E-state index is -0.440. The van der Waals surface area contributed by atoms with Gasteiger partial charge in [0.2, 0.25) is 5.91 Å². The highest BCUT2D eigenvalue weighted by Gasteiger charge is 2.27. The first kappa shape index (κ1) is 15.4. The standard InChI is InChI=1S/C13H28N4O/c1-13(2,3)11(14)12(18)15-5-6-17-9-7-16(4)8-10-17/h11H,5-10,14H2,1-4H3,(H,15,18)/t11-/m0/s1. The molecule has 1 amide bonds. The molecule has 1 aliphatic heterocycles. The Bertz CT molecular complexity index is 267. The lowest BCUT2D eigenvalue weighted by Crippen LogP contribution is -2.51. The molecule has 0 aromatic rings. The van der Waals surface area contributed by atoms with Crippen LogP contribution < -0.4 is 11.1 Å². The summed E-state index contributed by atoms with van der Waals surface area (Å²) in [6.45, 7) is 11.9. The van der Waals surface area contributed by atoms with E-state index in [1.54, 1.807) is 0 Å². The Hall–Kier alpha value is -0.650. The number of hydrogen-bond donors (Lipinski definition) is 2. The normalized spacial score (nSPS) is 20.7. The van der Waals surface area contributed by atoms with Crippen LogP contribution in [0.25, 0.3) is 0 Å². The largest absolute Gasteiger partial charge is 0.353 e. The highest BCUT2D eigenvalue weighted by Crippen LogP contribution is 2.16. The first-order chi connectivity index (χ1) is 8.30. The summed E-state index contributed by atoms with van der Waals surface area (Å²) in [6, 6.07) is -0.440. The van der Waals surface area contributed by atoms with Crippen molar-refractivity contribution >= 4 is 5.91 Å². The molecule has 0 unspecified atom stereocenters. The highest BCUT2D eigenvalue weighted by atomic mass is 16.2. The Balaban J connectivity index is 2.20. The summed E-state index contributed by atoms with van der Waals surface area (Å²) in [5.74, 6) is -0.0448. The van der Waals surface area contributed by atoms with Gasteiger partial charge in [-0.15, -0.1) is 0 Å². The van der Waals surface area contributed by atoms with Crippen LogP contribution in [0.1, 0.15) is 20.8 Å². The zero-order valence-electron chi connectivity index (χ0n) is 12.2. The lowest BCUT2D eigenvalue weighted by atomic mass is 9.87. The van der Waals surface area contributed by atoms with Crippen LogP contribution in [0.3, 0.4) is 0 Å². The van der Waals surface area contributed by atoms with Crippen molar-refractivity contribution in [1.82, 2.24) is 15.1 Å². The molecule has 3 N–H and O–H groups in total. The summed E-state index contributed by atoms with van der Waals surface area (Å²) >= 11 is 0. The molecule has 1 fully saturated rings. The van der Waals surface area contributed by atoms with E-state index in [1.807, 2.05) is 20.8 Å². The van der Waals surface area contributed by atoms with Gasteiger partial charge < -0.3 is 16.0 Å². The number of nitrogens with one attached hydrogen (secondary N) is 1. The van der Waals surface area contributed by atoms with E-state index in [2.05, 4.69) is 22.2 Å². The number of nitrogens with zero attached hydrogens (tertiary/aromatic N) is 2. The number of amides is 1. The second kappa shape index (κ2) is 6.50. The molecule has 0 aliphatic carbocycles. The number of hydrogen-bond acceptors (Lipinski definition) is 4. The minimum Gasteiger partial charge on any atom is -0.353 e. The molecule has 18 heavy (non-hydrogen) atoms. The Labute approximate surface area is 111 Å². The van der Waals surface area contributed by atoms with Gasteiger partial charge in [0.1, 0.15) is 0 Å². The molecule has 1 rings (SSSR count). The Morgan fingerprint density at radius 3 is 2.33 bits per heavy atom. The van der Waals surface area contributed by atoms with Gasteiger partial charge >= 0.3 is 0 Å². The fraction of sp³-hybridized carbons (Fsp3) is 0.923. The molecule has 1 saturated heterocycles. The Kier molecular flexibility index (Phi) is 5.56. The maximum Gasteiger partial charge on any atom is 0.237 e. The maximum absolute atomic E-state index is 11.8. The second-order valence-corrected chi connectivity index (χ2v) is 6.28. The van der Waals surface area contributed by atoms with Gasteiger partial charge in [-0.1, -0.05) is 20.8 Å². The lowest BCUT2D eigenvalue weighted by Gasteiger charge is -2.32. The van der Waals surface area contributed by atoms with E-state index in [-0.39, 0.29) is 11.3 Å². The van der Waals surface area contributed by atoms with Crippen LogP contribution in [0.5, 0.6) is 0 Å². The van der Waals surface area contributed by atoms with E-state index in [1.165, 1.54) is 0 Å². The summed E-state index contributed by atoms with van der Waals surface area (Å²) in [4.78, 5) is 16.5. The predicted molar refractivity (Wildman–Crippen MR) is 74.4 cm³/mol. The van der Waals surface area contributed by atoms with Crippen LogP contribution in [0.15, 0.2) is 0 Å². The van der Waals surface area contributed by atoms with E-state index in [9.17, 15) is 4.79 Å². The summed E-state index contributed by atoms with van der Waals surface area (Å²) < 4.78 is 0. The van der Waals surface area contributed by atoms with E-state index in [0.717, 1.165) is 32.7 Å². The van der Waals surface area contributed by atoms with E-state index in [4.69, 9.17) is 5.73 Å². The van der Waals surface area contributed by atoms with Crippen molar-refractivity contribution in [2.24, 2.45) is 11.1 Å². The van der Waals surface area contributed by atoms with Gasteiger partial charge in [0.25, 0.3) is 0 Å². The van der Waals surface area contributed by atoms with Crippen molar-refractivity contribution < 1.29 is 4.79 Å². The quantitative estimate of drug-likeness (QED) is 0.726. The monoisotopic (exact) mass is 256 g/mol. The van der Waals surface area contributed by atoms with Crippen molar-refractivity contribution in [2.45, 2.75) is 26.8 Å². The number of carbonyl (C=O) groups excluding carboxylic acids is 1. The molecule has 5 nitrogen and oxygen atoms in total. The van der Waals surface area contributed by atoms with Crippen molar-refractivity contribution in [3.8, 4) is 0 Å². The smallest absolute Gasteiger partial charge is 0.237 e. The van der Waals surface area contributed by atoms with Crippen LogP contribution in [-0.4, -0.2) is 68.1 Å². The average molecular weight is 256 g/mol. The molecular formula is C13H28N4O. The fourth-order valence-corrected chi connectivity index (χ4v) is 1.91.